The van der Waals surface area contributed by atoms with Crippen LogP contribution in [0.1, 0.15) is 0 Å². The van der Waals surface area contributed by atoms with E-state index in [-0.39, 0.29) is 17.0 Å². The summed E-state index contributed by atoms with van der Waals surface area (Å²) in [7, 11) is 0. The SMILES string of the molecule is N#CC(C#N)=CNc1cccc(Oc2c(F)c(F)c(F)c(F)c2F)c1. The van der Waals surface area contributed by atoms with Gasteiger partial charge in [0.15, 0.2) is 0 Å². The summed E-state index contributed by atoms with van der Waals surface area (Å²) in [5, 5.41) is 19.7. The zero-order valence-electron chi connectivity index (χ0n) is 12.1. The van der Waals surface area contributed by atoms with Crippen molar-refractivity contribution in [2.45, 2.75) is 0 Å². The highest BCUT2D eigenvalue weighted by molar-refractivity contribution is 5.53. The lowest BCUT2D eigenvalue weighted by Crippen LogP contribution is -2.04. The number of rotatable bonds is 4. The van der Waals surface area contributed by atoms with E-state index in [1.807, 2.05) is 0 Å². The zero-order chi connectivity index (χ0) is 18.6. The van der Waals surface area contributed by atoms with Crippen LogP contribution in [0, 0.1) is 51.7 Å². The number of hydrogen-bond acceptors (Lipinski definition) is 4. The van der Waals surface area contributed by atoms with Crippen LogP contribution in [0.5, 0.6) is 11.5 Å². The normalized spacial score (nSPS) is 9.72. The highest BCUT2D eigenvalue weighted by atomic mass is 19.2. The first kappa shape index (κ1) is 17.8. The molecular weight excluding hydrogens is 345 g/mol. The highest BCUT2D eigenvalue weighted by Crippen LogP contribution is 2.33. The summed E-state index contributed by atoms with van der Waals surface area (Å²) in [5.41, 5.74) is -0.00420. The van der Waals surface area contributed by atoms with Gasteiger partial charge < -0.3 is 10.1 Å². The Balaban J connectivity index is 2.35. The average Bonchev–Trinajstić information content (AvgIpc) is 2.63. The average molecular weight is 351 g/mol. The Bertz CT molecular complexity index is 899. The van der Waals surface area contributed by atoms with Crippen LogP contribution in [0.15, 0.2) is 36.0 Å². The fraction of sp³-hybridized carbons (Fsp3) is 0. The first-order valence-corrected chi connectivity index (χ1v) is 6.45. The maximum Gasteiger partial charge on any atom is 0.207 e. The Kier molecular flexibility index (Phi) is 5.20. The summed E-state index contributed by atoms with van der Waals surface area (Å²) in [5.74, 6) is -12.4. The standard InChI is InChI=1S/C16H6F5N3O/c17-11-12(18)14(20)16(15(21)13(11)19)25-10-3-1-2-9(4-10)24-7-8(5-22)6-23/h1-4,7,24H. The molecule has 0 fully saturated rings. The van der Waals surface area contributed by atoms with E-state index in [9.17, 15) is 22.0 Å². The molecule has 0 aliphatic rings. The van der Waals surface area contributed by atoms with E-state index in [2.05, 4.69) is 5.32 Å². The first-order chi connectivity index (χ1) is 11.9. The number of nitrogens with zero attached hydrogens (tertiary/aromatic N) is 2. The third kappa shape index (κ3) is 3.67. The smallest absolute Gasteiger partial charge is 0.207 e. The molecule has 0 amide bonds. The van der Waals surface area contributed by atoms with Crippen molar-refractivity contribution >= 4 is 5.69 Å². The van der Waals surface area contributed by atoms with E-state index in [1.165, 1.54) is 24.3 Å². The number of hydrogen-bond donors (Lipinski definition) is 1. The van der Waals surface area contributed by atoms with Gasteiger partial charge in [-0.05, 0) is 12.1 Å². The van der Waals surface area contributed by atoms with Gasteiger partial charge in [-0.15, -0.1) is 0 Å². The predicted molar refractivity (Wildman–Crippen MR) is 75.7 cm³/mol. The molecule has 0 atom stereocenters. The van der Waals surface area contributed by atoms with Gasteiger partial charge >= 0.3 is 0 Å². The summed E-state index contributed by atoms with van der Waals surface area (Å²) in [6, 6.07) is 8.38. The molecule has 2 aromatic rings. The fourth-order valence-electron chi connectivity index (χ4n) is 1.69. The van der Waals surface area contributed by atoms with Gasteiger partial charge in [-0.1, -0.05) is 6.07 Å². The van der Waals surface area contributed by atoms with Gasteiger partial charge in [0.25, 0.3) is 0 Å². The quantitative estimate of drug-likeness (QED) is 0.381. The van der Waals surface area contributed by atoms with Crippen molar-refractivity contribution in [1.29, 1.82) is 10.5 Å². The Hall–Kier alpha value is -3.59. The third-order valence-electron chi connectivity index (χ3n) is 2.85. The second kappa shape index (κ2) is 7.32. The molecule has 126 valence electrons. The van der Waals surface area contributed by atoms with E-state index in [1.54, 1.807) is 12.1 Å². The number of benzene rings is 2. The molecule has 0 heterocycles. The van der Waals surface area contributed by atoms with Crippen molar-refractivity contribution in [2.75, 3.05) is 5.32 Å². The number of nitriles is 2. The van der Waals surface area contributed by atoms with Gasteiger partial charge in [0.05, 0.1) is 0 Å². The summed E-state index contributed by atoms with van der Waals surface area (Å²) in [6.07, 6.45) is 1.07. The van der Waals surface area contributed by atoms with E-state index >= 15 is 0 Å². The van der Waals surface area contributed by atoms with Crippen LogP contribution in [0.25, 0.3) is 0 Å². The van der Waals surface area contributed by atoms with Gasteiger partial charge in [0.1, 0.15) is 23.5 Å². The molecule has 0 aliphatic heterocycles. The summed E-state index contributed by atoms with van der Waals surface area (Å²) in [4.78, 5) is 0. The van der Waals surface area contributed by atoms with Crippen LogP contribution in [0.2, 0.25) is 0 Å². The van der Waals surface area contributed by atoms with Crippen LogP contribution in [0.3, 0.4) is 0 Å². The minimum atomic E-state index is -2.29. The van der Waals surface area contributed by atoms with Crippen LogP contribution >= 0.6 is 0 Å². The molecule has 0 spiro atoms. The minimum Gasteiger partial charge on any atom is -0.451 e. The van der Waals surface area contributed by atoms with E-state index in [0.29, 0.717) is 0 Å². The molecule has 0 saturated carbocycles. The number of allylic oxidation sites excluding steroid dienone is 1. The van der Waals surface area contributed by atoms with Gasteiger partial charge in [-0.25, -0.2) is 13.2 Å². The van der Waals surface area contributed by atoms with Crippen LogP contribution < -0.4 is 10.1 Å². The molecule has 25 heavy (non-hydrogen) atoms. The molecule has 1 N–H and O–H groups in total. The minimum absolute atomic E-state index is 0.239. The van der Waals surface area contributed by atoms with Crippen molar-refractivity contribution in [3.8, 4) is 23.6 Å². The third-order valence-corrected chi connectivity index (χ3v) is 2.85. The Labute approximate surface area is 138 Å². The van der Waals surface area contributed by atoms with E-state index in [4.69, 9.17) is 15.3 Å². The molecule has 2 rings (SSSR count). The van der Waals surface area contributed by atoms with Gasteiger partial charge in [0, 0.05) is 18.0 Å². The molecule has 2 aromatic carbocycles. The molecule has 0 bridgehead atoms. The van der Waals surface area contributed by atoms with Crippen molar-refractivity contribution in [1.82, 2.24) is 0 Å². The molecule has 0 saturated heterocycles. The lowest BCUT2D eigenvalue weighted by Gasteiger charge is -2.11. The Morgan fingerprint density at radius 2 is 1.48 bits per heavy atom. The molecule has 0 radical (unpaired) electrons. The molecule has 0 unspecified atom stereocenters. The number of nitrogens with one attached hydrogen (secondary N) is 1. The van der Waals surface area contributed by atoms with Crippen molar-refractivity contribution in [3.63, 3.8) is 0 Å². The molecule has 4 nitrogen and oxygen atoms in total. The molecule has 0 aromatic heterocycles. The molecule has 9 heteroatoms. The maximum absolute atomic E-state index is 13.6. The second-order valence-corrected chi connectivity index (χ2v) is 4.45. The lowest BCUT2D eigenvalue weighted by molar-refractivity contribution is 0.332. The van der Waals surface area contributed by atoms with Crippen LogP contribution in [0.4, 0.5) is 27.6 Å². The zero-order valence-corrected chi connectivity index (χ0v) is 12.1. The van der Waals surface area contributed by atoms with Crippen molar-refractivity contribution < 1.29 is 26.7 Å². The van der Waals surface area contributed by atoms with E-state index < -0.39 is 34.8 Å². The maximum atomic E-state index is 13.6. The van der Waals surface area contributed by atoms with Gasteiger partial charge in [-0.3, -0.25) is 0 Å². The van der Waals surface area contributed by atoms with Crippen LogP contribution in [-0.4, -0.2) is 0 Å². The van der Waals surface area contributed by atoms with Crippen molar-refractivity contribution in [2.24, 2.45) is 0 Å². The predicted octanol–water partition coefficient (Wildman–Crippen LogP) is 4.52. The Morgan fingerprint density at radius 3 is 2.04 bits per heavy atom. The molecule has 0 aliphatic carbocycles. The van der Waals surface area contributed by atoms with Crippen LogP contribution in [-0.2, 0) is 0 Å². The topological polar surface area (TPSA) is 68.8 Å². The van der Waals surface area contributed by atoms with Crippen molar-refractivity contribution in [3.05, 3.63) is 65.1 Å². The second-order valence-electron chi connectivity index (χ2n) is 4.45. The highest BCUT2D eigenvalue weighted by Gasteiger charge is 2.27. The summed E-state index contributed by atoms with van der Waals surface area (Å²) < 4.78 is 71.2. The van der Waals surface area contributed by atoms with Gasteiger partial charge in [-0.2, -0.15) is 19.3 Å². The molecular formula is C16H6F5N3O. The fourth-order valence-corrected chi connectivity index (χ4v) is 1.69. The summed E-state index contributed by atoms with van der Waals surface area (Å²) >= 11 is 0. The number of ether oxygens (including phenoxy) is 1. The monoisotopic (exact) mass is 351 g/mol. The number of anilines is 1. The first-order valence-electron chi connectivity index (χ1n) is 6.45. The lowest BCUT2D eigenvalue weighted by atomic mass is 10.2. The van der Waals surface area contributed by atoms with E-state index in [0.717, 1.165) is 6.20 Å². The number of halogens is 5. The Morgan fingerprint density at radius 1 is 0.920 bits per heavy atom. The summed E-state index contributed by atoms with van der Waals surface area (Å²) in [6.45, 7) is 0. The van der Waals surface area contributed by atoms with Gasteiger partial charge in [0.2, 0.25) is 34.8 Å². The largest absolute Gasteiger partial charge is 0.451 e.